The Morgan fingerprint density at radius 1 is 1.11 bits per heavy atom. The van der Waals surface area contributed by atoms with Gasteiger partial charge in [0, 0.05) is 13.1 Å². The second kappa shape index (κ2) is 6.42. The summed E-state index contributed by atoms with van der Waals surface area (Å²) < 4.78 is 5.39. The number of methoxy groups -OCH3 is 1. The first-order valence-corrected chi connectivity index (χ1v) is 6.68. The number of nitrogens with one attached hydrogen (secondary N) is 2. The Morgan fingerprint density at radius 3 is 2.39 bits per heavy atom. The van der Waals surface area contributed by atoms with Crippen molar-refractivity contribution in [1.29, 1.82) is 0 Å². The van der Waals surface area contributed by atoms with E-state index in [0.29, 0.717) is 11.8 Å². The summed E-state index contributed by atoms with van der Waals surface area (Å²) in [4.78, 5) is 8.45. The van der Waals surface area contributed by atoms with E-state index in [9.17, 15) is 0 Å². The first-order chi connectivity index (χ1) is 8.85. The molecule has 1 saturated carbocycles. The fourth-order valence-electron chi connectivity index (χ4n) is 2.47. The molecule has 2 N–H and O–H groups in total. The summed E-state index contributed by atoms with van der Waals surface area (Å²) in [6.45, 7) is 0. The van der Waals surface area contributed by atoms with Crippen molar-refractivity contribution in [3.05, 3.63) is 6.33 Å². The van der Waals surface area contributed by atoms with Gasteiger partial charge in [-0.3, -0.25) is 0 Å². The van der Waals surface area contributed by atoms with Crippen LogP contribution in [0.4, 0.5) is 11.6 Å². The molecule has 1 heterocycles. The zero-order valence-electron chi connectivity index (χ0n) is 11.2. The van der Waals surface area contributed by atoms with Crippen LogP contribution in [0.25, 0.3) is 0 Å². The van der Waals surface area contributed by atoms with Crippen molar-refractivity contribution in [3.63, 3.8) is 0 Å². The van der Waals surface area contributed by atoms with E-state index in [1.165, 1.54) is 38.5 Å². The van der Waals surface area contributed by atoms with Gasteiger partial charge in [0.1, 0.15) is 6.33 Å². The van der Waals surface area contributed by atoms with Gasteiger partial charge in [0.05, 0.1) is 7.11 Å². The maximum Gasteiger partial charge on any atom is 0.204 e. The first kappa shape index (κ1) is 12.9. The van der Waals surface area contributed by atoms with Gasteiger partial charge in [-0.05, 0) is 12.8 Å². The lowest BCUT2D eigenvalue weighted by Crippen LogP contribution is -2.20. The molecular weight excluding hydrogens is 228 g/mol. The van der Waals surface area contributed by atoms with Crippen LogP contribution in [0.5, 0.6) is 5.75 Å². The molecule has 1 aliphatic rings. The summed E-state index contributed by atoms with van der Waals surface area (Å²) >= 11 is 0. The molecule has 18 heavy (non-hydrogen) atoms. The van der Waals surface area contributed by atoms with E-state index in [1.54, 1.807) is 13.4 Å². The SMILES string of the molecule is CNc1ncnc(NC2CCCCCC2)c1OC. The van der Waals surface area contributed by atoms with Crippen LogP contribution >= 0.6 is 0 Å². The topological polar surface area (TPSA) is 59.1 Å². The number of aromatic nitrogens is 2. The van der Waals surface area contributed by atoms with Crippen LogP contribution in [0.1, 0.15) is 38.5 Å². The zero-order valence-corrected chi connectivity index (χ0v) is 11.2. The maximum absolute atomic E-state index is 5.39. The Kier molecular flexibility index (Phi) is 4.61. The molecule has 2 rings (SSSR count). The molecule has 0 saturated heterocycles. The van der Waals surface area contributed by atoms with Crippen LogP contribution in [0.15, 0.2) is 6.33 Å². The van der Waals surface area contributed by atoms with Crippen molar-refractivity contribution in [2.24, 2.45) is 0 Å². The second-order valence-electron chi connectivity index (χ2n) is 4.69. The predicted molar refractivity (Wildman–Crippen MR) is 73.2 cm³/mol. The lowest BCUT2D eigenvalue weighted by molar-refractivity contribution is 0.413. The largest absolute Gasteiger partial charge is 0.490 e. The highest BCUT2D eigenvalue weighted by Gasteiger charge is 2.16. The second-order valence-corrected chi connectivity index (χ2v) is 4.69. The highest BCUT2D eigenvalue weighted by atomic mass is 16.5. The molecule has 0 bridgehead atoms. The zero-order chi connectivity index (χ0) is 12.8. The van der Waals surface area contributed by atoms with Gasteiger partial charge in [-0.15, -0.1) is 0 Å². The van der Waals surface area contributed by atoms with Crippen LogP contribution in [-0.4, -0.2) is 30.2 Å². The minimum atomic E-state index is 0.501. The molecule has 5 nitrogen and oxygen atoms in total. The molecule has 0 spiro atoms. The Labute approximate surface area is 108 Å². The Hall–Kier alpha value is -1.52. The van der Waals surface area contributed by atoms with Gasteiger partial charge in [-0.25, -0.2) is 9.97 Å². The average molecular weight is 250 g/mol. The number of nitrogens with zero attached hydrogens (tertiary/aromatic N) is 2. The lowest BCUT2D eigenvalue weighted by Gasteiger charge is -2.19. The number of rotatable bonds is 4. The van der Waals surface area contributed by atoms with Crippen molar-refractivity contribution < 1.29 is 4.74 Å². The summed E-state index contributed by atoms with van der Waals surface area (Å²) in [6, 6.07) is 0.501. The van der Waals surface area contributed by atoms with E-state index >= 15 is 0 Å². The number of hydrogen-bond acceptors (Lipinski definition) is 5. The Morgan fingerprint density at radius 2 is 1.78 bits per heavy atom. The third-order valence-corrected chi connectivity index (χ3v) is 3.44. The van der Waals surface area contributed by atoms with E-state index in [4.69, 9.17) is 4.74 Å². The minimum Gasteiger partial charge on any atom is -0.490 e. The van der Waals surface area contributed by atoms with E-state index in [0.717, 1.165) is 11.6 Å². The normalized spacial score (nSPS) is 17.0. The molecule has 0 amide bonds. The van der Waals surface area contributed by atoms with Gasteiger partial charge >= 0.3 is 0 Å². The van der Waals surface area contributed by atoms with Crippen molar-refractivity contribution in [2.75, 3.05) is 24.8 Å². The molecule has 0 radical (unpaired) electrons. The van der Waals surface area contributed by atoms with E-state index in [2.05, 4.69) is 20.6 Å². The van der Waals surface area contributed by atoms with E-state index < -0.39 is 0 Å². The molecule has 1 aliphatic carbocycles. The van der Waals surface area contributed by atoms with Crippen LogP contribution in [0, 0.1) is 0 Å². The van der Waals surface area contributed by atoms with Crippen LogP contribution in [0.3, 0.4) is 0 Å². The quantitative estimate of drug-likeness (QED) is 0.804. The molecule has 0 aromatic carbocycles. The van der Waals surface area contributed by atoms with Crippen LogP contribution in [0.2, 0.25) is 0 Å². The van der Waals surface area contributed by atoms with Gasteiger partial charge < -0.3 is 15.4 Å². The van der Waals surface area contributed by atoms with Crippen LogP contribution in [-0.2, 0) is 0 Å². The Balaban J connectivity index is 2.12. The van der Waals surface area contributed by atoms with E-state index in [1.807, 2.05) is 7.05 Å². The molecule has 1 aromatic rings. The molecule has 0 aliphatic heterocycles. The summed E-state index contributed by atoms with van der Waals surface area (Å²) in [7, 11) is 3.48. The molecule has 5 heteroatoms. The third kappa shape index (κ3) is 3.03. The summed E-state index contributed by atoms with van der Waals surface area (Å²) in [5.74, 6) is 2.22. The molecule has 1 fully saturated rings. The van der Waals surface area contributed by atoms with Gasteiger partial charge in [0.25, 0.3) is 0 Å². The Bertz CT molecular complexity index is 375. The number of anilines is 2. The lowest BCUT2D eigenvalue weighted by atomic mass is 10.1. The summed E-state index contributed by atoms with van der Waals surface area (Å²) in [6.07, 6.45) is 9.27. The van der Waals surface area contributed by atoms with Crippen molar-refractivity contribution >= 4 is 11.6 Å². The fourth-order valence-corrected chi connectivity index (χ4v) is 2.47. The monoisotopic (exact) mass is 250 g/mol. The number of hydrogen-bond donors (Lipinski definition) is 2. The molecule has 100 valence electrons. The standard InChI is InChI=1S/C13H22N4O/c1-14-12-11(18-2)13(16-9-15-12)17-10-7-5-3-4-6-8-10/h9-10H,3-8H2,1-2H3,(H2,14,15,16,17). The van der Waals surface area contributed by atoms with Crippen LogP contribution < -0.4 is 15.4 Å². The maximum atomic E-state index is 5.39. The predicted octanol–water partition coefficient (Wildman–Crippen LogP) is 2.66. The molecular formula is C13H22N4O. The van der Waals surface area contributed by atoms with E-state index in [-0.39, 0.29) is 0 Å². The highest BCUT2D eigenvalue weighted by Crippen LogP contribution is 2.30. The highest BCUT2D eigenvalue weighted by molar-refractivity contribution is 5.63. The smallest absolute Gasteiger partial charge is 0.204 e. The summed E-state index contributed by atoms with van der Waals surface area (Å²) in [5, 5.41) is 6.52. The van der Waals surface area contributed by atoms with Gasteiger partial charge in [0.2, 0.25) is 5.75 Å². The van der Waals surface area contributed by atoms with Crippen molar-refractivity contribution in [3.8, 4) is 5.75 Å². The minimum absolute atomic E-state index is 0.501. The first-order valence-electron chi connectivity index (χ1n) is 6.68. The molecule has 0 atom stereocenters. The molecule has 1 aromatic heterocycles. The molecule has 0 unspecified atom stereocenters. The average Bonchev–Trinajstić information content (AvgIpc) is 2.67. The number of ether oxygens (including phenoxy) is 1. The van der Waals surface area contributed by atoms with Crippen molar-refractivity contribution in [1.82, 2.24) is 9.97 Å². The fraction of sp³-hybridized carbons (Fsp3) is 0.692. The van der Waals surface area contributed by atoms with Gasteiger partial charge in [-0.2, -0.15) is 0 Å². The summed E-state index contributed by atoms with van der Waals surface area (Å²) in [5.41, 5.74) is 0. The van der Waals surface area contributed by atoms with Gasteiger partial charge in [-0.1, -0.05) is 25.7 Å². The van der Waals surface area contributed by atoms with Gasteiger partial charge in [0.15, 0.2) is 11.6 Å². The van der Waals surface area contributed by atoms with Crippen molar-refractivity contribution in [2.45, 2.75) is 44.6 Å². The third-order valence-electron chi connectivity index (χ3n) is 3.44.